The van der Waals surface area contributed by atoms with Gasteiger partial charge in [0.05, 0.1) is 18.0 Å². The van der Waals surface area contributed by atoms with Gasteiger partial charge in [0.15, 0.2) is 5.82 Å². The molecule has 1 aromatic heterocycles. The Bertz CT molecular complexity index is 1310. The second-order valence-corrected chi connectivity index (χ2v) is 8.04. The molecule has 0 saturated carbocycles. The average molecular weight is 437 g/mol. The van der Waals surface area contributed by atoms with Crippen LogP contribution in [0.1, 0.15) is 44.5 Å². The van der Waals surface area contributed by atoms with E-state index in [0.717, 1.165) is 28.8 Å². The SMILES string of the molecule is O=C(Nc1nc2c(nc1C(O)c1ccccc1)-c1ccc(CO)cc1CC2)c1ccccc1. The predicted octanol–water partition coefficient (Wildman–Crippen LogP) is 4.07. The molecule has 1 aliphatic carbocycles. The van der Waals surface area contributed by atoms with Crippen LogP contribution in [0.15, 0.2) is 78.9 Å². The molecule has 5 rings (SSSR count). The van der Waals surface area contributed by atoms with Gasteiger partial charge in [0.25, 0.3) is 5.91 Å². The van der Waals surface area contributed by atoms with E-state index in [-0.39, 0.29) is 18.3 Å². The lowest BCUT2D eigenvalue weighted by molar-refractivity contribution is 0.102. The Balaban J connectivity index is 1.61. The minimum absolute atomic E-state index is 0.0196. The quantitative estimate of drug-likeness (QED) is 0.438. The zero-order valence-electron chi connectivity index (χ0n) is 17.9. The first-order chi connectivity index (χ1) is 16.1. The molecule has 1 amide bonds. The summed E-state index contributed by atoms with van der Waals surface area (Å²) >= 11 is 0. The zero-order valence-corrected chi connectivity index (χ0v) is 17.9. The molecular formula is C27H23N3O3. The first-order valence-electron chi connectivity index (χ1n) is 10.9. The summed E-state index contributed by atoms with van der Waals surface area (Å²) in [5.74, 6) is -0.0513. The van der Waals surface area contributed by atoms with Crippen LogP contribution in [0.2, 0.25) is 0 Å². The van der Waals surface area contributed by atoms with Crippen molar-refractivity contribution in [1.29, 1.82) is 0 Å². The van der Waals surface area contributed by atoms with Crippen molar-refractivity contribution in [3.05, 3.63) is 113 Å². The monoisotopic (exact) mass is 437 g/mol. The maximum absolute atomic E-state index is 12.9. The third kappa shape index (κ3) is 4.14. The molecule has 1 aliphatic rings. The van der Waals surface area contributed by atoms with Crippen LogP contribution in [0.3, 0.4) is 0 Å². The number of hydrogen-bond acceptors (Lipinski definition) is 5. The van der Waals surface area contributed by atoms with Crippen LogP contribution in [0, 0.1) is 0 Å². The largest absolute Gasteiger partial charge is 0.392 e. The van der Waals surface area contributed by atoms with E-state index in [1.165, 1.54) is 0 Å². The molecule has 0 fully saturated rings. The van der Waals surface area contributed by atoms with Gasteiger partial charge in [-0.1, -0.05) is 66.7 Å². The molecule has 164 valence electrons. The lowest BCUT2D eigenvalue weighted by Gasteiger charge is -2.23. The average Bonchev–Trinajstić information content (AvgIpc) is 2.88. The van der Waals surface area contributed by atoms with Crippen LogP contribution in [-0.2, 0) is 19.4 Å². The maximum Gasteiger partial charge on any atom is 0.256 e. The first-order valence-corrected chi connectivity index (χ1v) is 10.9. The number of carbonyl (C=O) groups excluding carboxylic acids is 1. The van der Waals surface area contributed by atoms with E-state index in [1.54, 1.807) is 24.3 Å². The van der Waals surface area contributed by atoms with E-state index < -0.39 is 6.10 Å². The molecule has 4 aromatic rings. The van der Waals surface area contributed by atoms with Crippen LogP contribution in [-0.4, -0.2) is 26.1 Å². The minimum Gasteiger partial charge on any atom is -0.392 e. The molecule has 1 unspecified atom stereocenters. The number of aliphatic hydroxyl groups is 2. The Morgan fingerprint density at radius 3 is 2.39 bits per heavy atom. The molecule has 3 aromatic carbocycles. The second-order valence-electron chi connectivity index (χ2n) is 8.04. The van der Waals surface area contributed by atoms with Gasteiger partial charge in [0.2, 0.25) is 0 Å². The summed E-state index contributed by atoms with van der Waals surface area (Å²) in [7, 11) is 0. The summed E-state index contributed by atoms with van der Waals surface area (Å²) < 4.78 is 0. The molecule has 0 saturated heterocycles. The highest BCUT2D eigenvalue weighted by Crippen LogP contribution is 2.36. The topological polar surface area (TPSA) is 95.3 Å². The normalized spacial score (nSPS) is 13.0. The molecule has 0 aliphatic heterocycles. The molecule has 6 heteroatoms. The van der Waals surface area contributed by atoms with E-state index >= 15 is 0 Å². The number of nitrogens with zero attached hydrogens (tertiary/aromatic N) is 2. The summed E-state index contributed by atoms with van der Waals surface area (Å²) in [6.07, 6.45) is 0.356. The van der Waals surface area contributed by atoms with Crippen molar-refractivity contribution in [2.45, 2.75) is 25.6 Å². The van der Waals surface area contributed by atoms with Crippen LogP contribution >= 0.6 is 0 Å². The van der Waals surface area contributed by atoms with Gasteiger partial charge in [-0.25, -0.2) is 9.97 Å². The second kappa shape index (κ2) is 8.94. The standard InChI is InChI=1S/C27H23N3O3/c31-16-17-11-13-21-20(15-17)12-14-22-23(21)29-24(25(32)18-7-3-1-4-8-18)26(28-22)30-27(33)19-9-5-2-6-10-19/h1-11,13,15,25,31-32H,12,14,16H2,(H,28,30,33). The van der Waals surface area contributed by atoms with Crippen molar-refractivity contribution in [3.8, 4) is 11.3 Å². The number of aromatic nitrogens is 2. The molecule has 1 atom stereocenters. The Morgan fingerprint density at radius 1 is 0.939 bits per heavy atom. The van der Waals surface area contributed by atoms with E-state index in [2.05, 4.69) is 5.32 Å². The summed E-state index contributed by atoms with van der Waals surface area (Å²) in [6, 6.07) is 23.9. The van der Waals surface area contributed by atoms with Crippen molar-refractivity contribution >= 4 is 11.7 Å². The smallest absolute Gasteiger partial charge is 0.256 e. The molecular weight excluding hydrogens is 414 g/mol. The van der Waals surface area contributed by atoms with E-state index in [4.69, 9.17) is 9.97 Å². The third-order valence-electron chi connectivity index (χ3n) is 5.88. The molecule has 0 spiro atoms. The van der Waals surface area contributed by atoms with Crippen molar-refractivity contribution in [3.63, 3.8) is 0 Å². The van der Waals surface area contributed by atoms with E-state index in [9.17, 15) is 15.0 Å². The van der Waals surface area contributed by atoms with Crippen molar-refractivity contribution in [2.24, 2.45) is 0 Å². The van der Waals surface area contributed by atoms with Gasteiger partial charge in [-0.2, -0.15) is 0 Å². The lowest BCUT2D eigenvalue weighted by atomic mass is 9.90. The van der Waals surface area contributed by atoms with Gasteiger partial charge in [-0.3, -0.25) is 4.79 Å². The van der Waals surface area contributed by atoms with Gasteiger partial charge >= 0.3 is 0 Å². The molecule has 0 radical (unpaired) electrons. The number of hydrogen-bond donors (Lipinski definition) is 3. The number of nitrogens with one attached hydrogen (secondary N) is 1. The van der Waals surface area contributed by atoms with Gasteiger partial charge in [-0.05, 0) is 41.7 Å². The van der Waals surface area contributed by atoms with Crippen LogP contribution in [0.25, 0.3) is 11.3 Å². The van der Waals surface area contributed by atoms with Crippen molar-refractivity contribution < 1.29 is 15.0 Å². The van der Waals surface area contributed by atoms with Crippen molar-refractivity contribution in [1.82, 2.24) is 9.97 Å². The predicted molar refractivity (Wildman–Crippen MR) is 126 cm³/mol. The number of carbonyl (C=O) groups is 1. The summed E-state index contributed by atoms with van der Waals surface area (Å²) in [5, 5.41) is 23.6. The first kappa shape index (κ1) is 21.0. The maximum atomic E-state index is 12.9. The Hall–Kier alpha value is -3.87. The van der Waals surface area contributed by atoms with Gasteiger partial charge in [-0.15, -0.1) is 0 Å². The fraction of sp³-hybridized carbons (Fsp3) is 0.148. The van der Waals surface area contributed by atoms with Crippen LogP contribution in [0.4, 0.5) is 5.82 Å². The Kier molecular flexibility index (Phi) is 5.69. The van der Waals surface area contributed by atoms with E-state index in [0.29, 0.717) is 28.9 Å². The number of fused-ring (bicyclic) bond motifs is 3. The number of aryl methyl sites for hydroxylation is 2. The highest BCUT2D eigenvalue weighted by atomic mass is 16.3. The molecule has 0 bridgehead atoms. The fourth-order valence-corrected chi connectivity index (χ4v) is 4.15. The highest BCUT2D eigenvalue weighted by molar-refractivity contribution is 6.04. The van der Waals surface area contributed by atoms with Gasteiger partial charge in [0, 0.05) is 11.1 Å². The van der Waals surface area contributed by atoms with Crippen LogP contribution < -0.4 is 5.32 Å². The zero-order chi connectivity index (χ0) is 22.8. The Labute approximate surface area is 191 Å². The molecule has 6 nitrogen and oxygen atoms in total. The molecule has 1 heterocycles. The minimum atomic E-state index is -1.06. The van der Waals surface area contributed by atoms with Crippen molar-refractivity contribution in [2.75, 3.05) is 5.32 Å². The highest BCUT2D eigenvalue weighted by Gasteiger charge is 2.26. The lowest BCUT2D eigenvalue weighted by Crippen LogP contribution is -2.20. The number of rotatable bonds is 5. The summed E-state index contributed by atoms with van der Waals surface area (Å²) in [6.45, 7) is -0.0196. The Morgan fingerprint density at radius 2 is 1.67 bits per heavy atom. The number of amides is 1. The summed E-state index contributed by atoms with van der Waals surface area (Å²) in [4.78, 5) is 22.5. The fourth-order valence-electron chi connectivity index (χ4n) is 4.15. The number of anilines is 1. The van der Waals surface area contributed by atoms with Gasteiger partial charge in [0.1, 0.15) is 11.8 Å². The number of benzene rings is 3. The summed E-state index contributed by atoms with van der Waals surface area (Å²) in [5.41, 5.74) is 5.79. The molecule has 33 heavy (non-hydrogen) atoms. The number of aliphatic hydroxyl groups excluding tert-OH is 2. The van der Waals surface area contributed by atoms with Crippen LogP contribution in [0.5, 0.6) is 0 Å². The van der Waals surface area contributed by atoms with E-state index in [1.807, 2.05) is 54.6 Å². The molecule has 3 N–H and O–H groups in total. The van der Waals surface area contributed by atoms with Gasteiger partial charge < -0.3 is 15.5 Å². The third-order valence-corrected chi connectivity index (χ3v) is 5.88.